The highest BCUT2D eigenvalue weighted by molar-refractivity contribution is 7.91. The molecule has 7 nitrogen and oxygen atoms in total. The van der Waals surface area contributed by atoms with Crippen molar-refractivity contribution in [1.82, 2.24) is 15.1 Å². The van der Waals surface area contributed by atoms with Crippen LogP contribution in [0, 0.1) is 12.8 Å². The van der Waals surface area contributed by atoms with Crippen molar-refractivity contribution in [3.05, 3.63) is 17.5 Å². The number of aliphatic carboxylic acids is 1. The third kappa shape index (κ3) is 4.30. The predicted octanol–water partition coefficient (Wildman–Crippen LogP) is 0.579. The van der Waals surface area contributed by atoms with Crippen LogP contribution in [0.25, 0.3) is 0 Å². The van der Waals surface area contributed by atoms with Crippen LogP contribution < -0.4 is 5.32 Å². The zero-order chi connectivity index (χ0) is 16.3. The average molecular weight is 329 g/mol. The summed E-state index contributed by atoms with van der Waals surface area (Å²) in [7, 11) is -2.98. The Hall–Kier alpha value is -1.41. The Bertz CT molecular complexity index is 639. The first-order chi connectivity index (χ1) is 10.3. The molecule has 1 fully saturated rings. The molecular weight excluding hydrogens is 306 g/mol. The number of aromatic nitrogens is 2. The van der Waals surface area contributed by atoms with Crippen molar-refractivity contribution in [2.75, 3.05) is 11.5 Å². The Labute approximate surface area is 130 Å². The Balaban J connectivity index is 1.96. The Kier molecular flexibility index (Phi) is 5.23. The molecule has 2 rings (SSSR count). The van der Waals surface area contributed by atoms with Crippen molar-refractivity contribution < 1.29 is 18.3 Å². The largest absolute Gasteiger partial charge is 0.480 e. The maximum Gasteiger partial charge on any atom is 0.320 e. The number of hydrogen-bond acceptors (Lipinski definition) is 5. The van der Waals surface area contributed by atoms with Crippen molar-refractivity contribution >= 4 is 15.8 Å². The zero-order valence-electron chi connectivity index (χ0n) is 12.9. The Morgan fingerprint density at radius 1 is 1.59 bits per heavy atom. The van der Waals surface area contributed by atoms with Gasteiger partial charge in [0, 0.05) is 13.1 Å². The van der Waals surface area contributed by atoms with Crippen LogP contribution in [0.3, 0.4) is 0 Å². The van der Waals surface area contributed by atoms with E-state index in [0.717, 1.165) is 17.9 Å². The minimum atomic E-state index is -2.98. The molecule has 2 N–H and O–H groups in total. The van der Waals surface area contributed by atoms with E-state index in [2.05, 4.69) is 10.4 Å². The van der Waals surface area contributed by atoms with Gasteiger partial charge in [-0.2, -0.15) is 5.10 Å². The molecule has 1 aliphatic rings. The lowest BCUT2D eigenvalue weighted by Crippen LogP contribution is -2.38. The quantitative estimate of drug-likeness (QED) is 0.759. The van der Waals surface area contributed by atoms with Gasteiger partial charge in [-0.1, -0.05) is 0 Å². The fraction of sp³-hybridized carbons (Fsp3) is 0.714. The second-order valence-electron chi connectivity index (χ2n) is 5.87. The Morgan fingerprint density at radius 3 is 2.86 bits per heavy atom. The molecule has 8 heteroatoms. The van der Waals surface area contributed by atoms with Crippen LogP contribution in [0.1, 0.15) is 31.2 Å². The van der Waals surface area contributed by atoms with E-state index in [0.29, 0.717) is 19.4 Å². The number of sulfone groups is 1. The number of nitrogens with zero attached hydrogens (tertiary/aromatic N) is 2. The third-order valence-corrected chi connectivity index (χ3v) is 5.85. The van der Waals surface area contributed by atoms with Crippen molar-refractivity contribution in [2.45, 2.75) is 45.8 Å². The van der Waals surface area contributed by atoms with E-state index >= 15 is 0 Å². The summed E-state index contributed by atoms with van der Waals surface area (Å²) in [5.74, 6) is -0.740. The fourth-order valence-corrected chi connectivity index (χ4v) is 4.79. The maximum absolute atomic E-state index is 11.5. The standard InChI is InChI=1S/C14H23N3O4S/c1-3-17-12(6-10(2)16-17)8-15-13(14(18)19)7-11-4-5-22(20,21)9-11/h6,11,13,15H,3-5,7-9H2,1-2H3,(H,18,19). The lowest BCUT2D eigenvalue weighted by Gasteiger charge is -2.17. The summed E-state index contributed by atoms with van der Waals surface area (Å²) in [5, 5.41) is 16.7. The number of nitrogens with one attached hydrogen (secondary N) is 1. The fourth-order valence-electron chi connectivity index (χ4n) is 2.91. The molecule has 0 saturated carbocycles. The molecule has 1 aromatic heterocycles. The van der Waals surface area contributed by atoms with E-state index in [-0.39, 0.29) is 17.4 Å². The van der Waals surface area contributed by atoms with E-state index in [1.54, 1.807) is 0 Å². The van der Waals surface area contributed by atoms with Crippen molar-refractivity contribution in [1.29, 1.82) is 0 Å². The minimum Gasteiger partial charge on any atom is -0.480 e. The molecule has 2 atom stereocenters. The van der Waals surface area contributed by atoms with Crippen molar-refractivity contribution in [2.24, 2.45) is 5.92 Å². The van der Waals surface area contributed by atoms with Gasteiger partial charge >= 0.3 is 5.97 Å². The van der Waals surface area contributed by atoms with Crippen LogP contribution in [0.5, 0.6) is 0 Å². The zero-order valence-corrected chi connectivity index (χ0v) is 13.8. The highest BCUT2D eigenvalue weighted by Crippen LogP contribution is 2.23. The van der Waals surface area contributed by atoms with Crippen LogP contribution in [0.4, 0.5) is 0 Å². The molecular formula is C14H23N3O4S. The van der Waals surface area contributed by atoms with Gasteiger partial charge in [0.2, 0.25) is 0 Å². The van der Waals surface area contributed by atoms with Gasteiger partial charge in [-0.15, -0.1) is 0 Å². The molecule has 0 aromatic carbocycles. The first kappa shape index (κ1) is 17.0. The van der Waals surface area contributed by atoms with Gasteiger partial charge < -0.3 is 5.11 Å². The lowest BCUT2D eigenvalue weighted by molar-refractivity contribution is -0.140. The molecule has 0 aliphatic carbocycles. The first-order valence-electron chi connectivity index (χ1n) is 7.50. The van der Waals surface area contributed by atoms with Gasteiger partial charge in [0.25, 0.3) is 0 Å². The summed E-state index contributed by atoms with van der Waals surface area (Å²) in [6.45, 7) is 5.01. The van der Waals surface area contributed by atoms with Gasteiger partial charge in [0.15, 0.2) is 9.84 Å². The number of aryl methyl sites for hydroxylation is 2. The van der Waals surface area contributed by atoms with E-state index in [1.165, 1.54) is 0 Å². The second-order valence-corrected chi connectivity index (χ2v) is 8.10. The summed E-state index contributed by atoms with van der Waals surface area (Å²) in [6, 6.07) is 1.19. The van der Waals surface area contributed by atoms with E-state index in [4.69, 9.17) is 0 Å². The maximum atomic E-state index is 11.5. The van der Waals surface area contributed by atoms with Crippen LogP contribution >= 0.6 is 0 Å². The van der Waals surface area contributed by atoms with Gasteiger partial charge in [-0.05, 0) is 38.7 Å². The normalized spacial score (nSPS) is 21.8. The van der Waals surface area contributed by atoms with Crippen LogP contribution in [-0.2, 0) is 27.7 Å². The SMILES string of the molecule is CCn1nc(C)cc1CNC(CC1CCS(=O)(=O)C1)C(=O)O. The summed E-state index contributed by atoms with van der Waals surface area (Å²) in [4.78, 5) is 11.4. The molecule has 2 unspecified atom stereocenters. The smallest absolute Gasteiger partial charge is 0.320 e. The van der Waals surface area contributed by atoms with Gasteiger partial charge in [0.1, 0.15) is 6.04 Å². The van der Waals surface area contributed by atoms with Gasteiger partial charge in [-0.25, -0.2) is 8.42 Å². The molecule has 0 bridgehead atoms. The van der Waals surface area contributed by atoms with Crippen LogP contribution in [0.2, 0.25) is 0 Å². The molecule has 0 radical (unpaired) electrons. The number of carboxylic acids is 1. The number of rotatable bonds is 7. The molecule has 22 heavy (non-hydrogen) atoms. The van der Waals surface area contributed by atoms with Crippen molar-refractivity contribution in [3.63, 3.8) is 0 Å². The third-order valence-electron chi connectivity index (χ3n) is 4.01. The topological polar surface area (TPSA) is 101 Å². The summed E-state index contributed by atoms with van der Waals surface area (Å²) < 4.78 is 24.8. The minimum absolute atomic E-state index is 0.0728. The van der Waals surface area contributed by atoms with Gasteiger partial charge in [0.05, 0.1) is 22.9 Å². The number of carboxylic acid groups (broad SMARTS) is 1. The predicted molar refractivity (Wildman–Crippen MR) is 82.3 cm³/mol. The molecule has 1 aromatic rings. The molecule has 124 valence electrons. The second kappa shape index (κ2) is 6.78. The molecule has 0 amide bonds. The van der Waals surface area contributed by atoms with E-state index in [1.807, 2.05) is 24.6 Å². The van der Waals surface area contributed by atoms with E-state index in [9.17, 15) is 18.3 Å². The highest BCUT2D eigenvalue weighted by atomic mass is 32.2. The van der Waals surface area contributed by atoms with Crippen molar-refractivity contribution in [3.8, 4) is 0 Å². The first-order valence-corrected chi connectivity index (χ1v) is 9.33. The van der Waals surface area contributed by atoms with Crippen LogP contribution in [-0.4, -0.2) is 46.8 Å². The summed E-state index contributed by atoms with van der Waals surface area (Å²) in [5.41, 5.74) is 1.83. The highest BCUT2D eigenvalue weighted by Gasteiger charge is 2.31. The van der Waals surface area contributed by atoms with Gasteiger partial charge in [-0.3, -0.25) is 14.8 Å². The summed E-state index contributed by atoms with van der Waals surface area (Å²) >= 11 is 0. The average Bonchev–Trinajstić information content (AvgIpc) is 2.96. The number of hydrogen-bond donors (Lipinski definition) is 2. The Morgan fingerprint density at radius 2 is 2.32 bits per heavy atom. The molecule has 2 heterocycles. The summed E-state index contributed by atoms with van der Waals surface area (Å²) in [6.07, 6.45) is 0.896. The molecule has 1 aliphatic heterocycles. The molecule has 0 spiro atoms. The monoisotopic (exact) mass is 329 g/mol. The lowest BCUT2D eigenvalue weighted by atomic mass is 9.99. The van der Waals surface area contributed by atoms with E-state index < -0.39 is 21.8 Å². The molecule has 1 saturated heterocycles. The van der Waals surface area contributed by atoms with Crippen LogP contribution in [0.15, 0.2) is 6.07 Å². The number of carbonyl (C=O) groups is 1.